The minimum atomic E-state index is -0.962. The van der Waals surface area contributed by atoms with Crippen molar-refractivity contribution in [2.45, 2.75) is 19.4 Å². The average molecular weight is 256 g/mol. The summed E-state index contributed by atoms with van der Waals surface area (Å²) in [4.78, 5) is 23.0. The molecule has 0 saturated heterocycles. The number of amides is 1. The lowest BCUT2D eigenvalue weighted by atomic mass is 10.3. The third-order valence-electron chi connectivity index (χ3n) is 2.21. The highest BCUT2D eigenvalue weighted by Gasteiger charge is 2.11. The van der Waals surface area contributed by atoms with Crippen molar-refractivity contribution in [3.05, 3.63) is 22.4 Å². The topological polar surface area (TPSA) is 78.4 Å². The van der Waals surface area contributed by atoms with Crippen LogP contribution in [0.4, 0.5) is 0 Å². The second-order valence-electron chi connectivity index (χ2n) is 3.62. The number of aliphatic carboxylic acids is 1. The summed E-state index contributed by atoms with van der Waals surface area (Å²) < 4.78 is 0. The molecule has 0 unspecified atom stereocenters. The number of carboxylic acids is 1. The van der Waals surface area contributed by atoms with E-state index < -0.39 is 12.0 Å². The molecule has 0 aromatic carbocycles. The van der Waals surface area contributed by atoms with E-state index in [1.54, 1.807) is 11.3 Å². The highest BCUT2D eigenvalue weighted by molar-refractivity contribution is 7.09. The Morgan fingerprint density at radius 1 is 1.53 bits per heavy atom. The Labute approximate surface area is 104 Å². The molecule has 5 nitrogen and oxygen atoms in total. The van der Waals surface area contributed by atoms with Crippen LogP contribution in [0.25, 0.3) is 0 Å². The Bertz CT molecular complexity index is 365. The number of rotatable bonds is 7. The quantitative estimate of drug-likeness (QED) is 0.662. The molecule has 0 bridgehead atoms. The minimum absolute atomic E-state index is 0.0257. The molecule has 94 valence electrons. The molecule has 3 N–H and O–H groups in total. The largest absolute Gasteiger partial charge is 0.480 e. The zero-order valence-electron chi connectivity index (χ0n) is 9.60. The predicted octanol–water partition coefficient (Wildman–Crippen LogP) is 0.469. The molecule has 0 spiro atoms. The first-order valence-corrected chi connectivity index (χ1v) is 6.23. The van der Waals surface area contributed by atoms with E-state index in [9.17, 15) is 9.59 Å². The van der Waals surface area contributed by atoms with Crippen molar-refractivity contribution in [1.82, 2.24) is 10.6 Å². The first-order chi connectivity index (χ1) is 8.09. The number of hydrogen-bond donors (Lipinski definition) is 3. The van der Waals surface area contributed by atoms with Crippen molar-refractivity contribution in [2.75, 3.05) is 13.1 Å². The van der Waals surface area contributed by atoms with Crippen LogP contribution < -0.4 is 10.6 Å². The van der Waals surface area contributed by atoms with Crippen LogP contribution in [-0.4, -0.2) is 36.1 Å². The fraction of sp³-hybridized carbons (Fsp3) is 0.455. The number of carbonyl (C=O) groups is 2. The van der Waals surface area contributed by atoms with Crippen LogP contribution in [0.5, 0.6) is 0 Å². The standard InChI is InChI=1S/C11H16N2O3S/c1-8(11(15)16)13-7-10(14)12-5-4-9-3-2-6-17-9/h2-3,6,8,13H,4-5,7H2,1H3,(H,12,14)(H,15,16)/t8-/m0/s1. The fourth-order valence-electron chi connectivity index (χ4n) is 1.18. The van der Waals surface area contributed by atoms with Gasteiger partial charge >= 0.3 is 5.97 Å². The smallest absolute Gasteiger partial charge is 0.320 e. The number of nitrogens with one attached hydrogen (secondary N) is 2. The second kappa shape index (κ2) is 7.03. The number of thiophene rings is 1. The molecule has 0 radical (unpaired) electrons. The average Bonchev–Trinajstić information content (AvgIpc) is 2.78. The third kappa shape index (κ3) is 5.46. The molecule has 1 amide bonds. The van der Waals surface area contributed by atoms with E-state index in [0.29, 0.717) is 6.54 Å². The summed E-state index contributed by atoms with van der Waals surface area (Å²) in [5.74, 6) is -1.15. The maximum absolute atomic E-state index is 11.3. The zero-order valence-corrected chi connectivity index (χ0v) is 10.4. The third-order valence-corrected chi connectivity index (χ3v) is 3.15. The van der Waals surface area contributed by atoms with Crippen molar-refractivity contribution in [1.29, 1.82) is 0 Å². The van der Waals surface area contributed by atoms with E-state index in [2.05, 4.69) is 10.6 Å². The summed E-state index contributed by atoms with van der Waals surface area (Å²) in [5.41, 5.74) is 0. The SMILES string of the molecule is C[C@H](NCC(=O)NCCc1cccs1)C(=O)O. The van der Waals surface area contributed by atoms with Gasteiger partial charge in [-0.25, -0.2) is 0 Å². The van der Waals surface area contributed by atoms with Crippen molar-refractivity contribution < 1.29 is 14.7 Å². The Kier molecular flexibility index (Phi) is 5.65. The van der Waals surface area contributed by atoms with E-state index in [4.69, 9.17) is 5.11 Å². The molecule has 1 aromatic rings. The zero-order chi connectivity index (χ0) is 12.7. The van der Waals surface area contributed by atoms with E-state index in [1.165, 1.54) is 11.8 Å². The molecule has 6 heteroatoms. The summed E-state index contributed by atoms with van der Waals surface area (Å²) >= 11 is 1.65. The molecule has 1 atom stereocenters. The van der Waals surface area contributed by atoms with Crippen LogP contribution in [0, 0.1) is 0 Å². The van der Waals surface area contributed by atoms with Crippen molar-refractivity contribution >= 4 is 23.2 Å². The Balaban J connectivity index is 2.11. The Morgan fingerprint density at radius 3 is 2.88 bits per heavy atom. The monoisotopic (exact) mass is 256 g/mol. The van der Waals surface area contributed by atoms with Gasteiger partial charge in [-0.05, 0) is 24.8 Å². The number of hydrogen-bond acceptors (Lipinski definition) is 4. The van der Waals surface area contributed by atoms with Crippen molar-refractivity contribution in [3.8, 4) is 0 Å². The van der Waals surface area contributed by atoms with Gasteiger partial charge in [-0.3, -0.25) is 14.9 Å². The van der Waals surface area contributed by atoms with E-state index in [1.807, 2.05) is 17.5 Å². The molecule has 0 aliphatic rings. The van der Waals surface area contributed by atoms with Gasteiger partial charge in [0.05, 0.1) is 6.54 Å². The van der Waals surface area contributed by atoms with E-state index in [-0.39, 0.29) is 12.5 Å². The van der Waals surface area contributed by atoms with Gasteiger partial charge in [-0.2, -0.15) is 0 Å². The fourth-order valence-corrected chi connectivity index (χ4v) is 1.88. The van der Waals surface area contributed by atoms with Crippen molar-refractivity contribution in [3.63, 3.8) is 0 Å². The highest BCUT2D eigenvalue weighted by atomic mass is 32.1. The summed E-state index contributed by atoms with van der Waals surface area (Å²) in [7, 11) is 0. The lowest BCUT2D eigenvalue weighted by Crippen LogP contribution is -2.41. The van der Waals surface area contributed by atoms with Crippen LogP contribution >= 0.6 is 11.3 Å². The minimum Gasteiger partial charge on any atom is -0.480 e. The van der Waals surface area contributed by atoms with Gasteiger partial charge < -0.3 is 10.4 Å². The van der Waals surface area contributed by atoms with Gasteiger partial charge in [-0.1, -0.05) is 6.07 Å². The summed E-state index contributed by atoms with van der Waals surface area (Å²) in [6.07, 6.45) is 0.803. The van der Waals surface area contributed by atoms with Gasteiger partial charge in [0.15, 0.2) is 0 Å². The molecule has 0 aliphatic heterocycles. The molecule has 0 aliphatic carbocycles. The molecule has 0 fully saturated rings. The lowest BCUT2D eigenvalue weighted by molar-refractivity contribution is -0.139. The first-order valence-electron chi connectivity index (χ1n) is 5.35. The van der Waals surface area contributed by atoms with Gasteiger partial charge in [0.1, 0.15) is 6.04 Å². The normalized spacial score (nSPS) is 12.1. The van der Waals surface area contributed by atoms with Gasteiger partial charge in [0.25, 0.3) is 0 Å². The first kappa shape index (κ1) is 13.7. The number of carbonyl (C=O) groups excluding carboxylic acids is 1. The highest BCUT2D eigenvalue weighted by Crippen LogP contribution is 2.07. The molecular formula is C11H16N2O3S. The van der Waals surface area contributed by atoms with E-state index in [0.717, 1.165) is 6.42 Å². The molecule has 1 aromatic heterocycles. The molecule has 1 rings (SSSR count). The number of carboxylic acid groups (broad SMARTS) is 1. The molecular weight excluding hydrogens is 240 g/mol. The van der Waals surface area contributed by atoms with Crippen LogP contribution in [0.1, 0.15) is 11.8 Å². The maximum atomic E-state index is 11.3. The Morgan fingerprint density at radius 2 is 2.29 bits per heavy atom. The summed E-state index contributed by atoms with van der Waals surface area (Å²) in [5, 5.41) is 15.9. The molecule has 17 heavy (non-hydrogen) atoms. The second-order valence-corrected chi connectivity index (χ2v) is 4.65. The maximum Gasteiger partial charge on any atom is 0.320 e. The van der Waals surface area contributed by atoms with Crippen LogP contribution in [0.15, 0.2) is 17.5 Å². The van der Waals surface area contributed by atoms with Crippen molar-refractivity contribution in [2.24, 2.45) is 0 Å². The predicted molar refractivity (Wildman–Crippen MR) is 66.1 cm³/mol. The van der Waals surface area contributed by atoms with E-state index >= 15 is 0 Å². The molecule has 0 saturated carbocycles. The lowest BCUT2D eigenvalue weighted by Gasteiger charge is -2.09. The molecule has 1 heterocycles. The van der Waals surface area contributed by atoms with Gasteiger partial charge in [0.2, 0.25) is 5.91 Å². The summed E-state index contributed by atoms with van der Waals surface area (Å²) in [6.45, 7) is 2.10. The van der Waals surface area contributed by atoms with Crippen LogP contribution in [-0.2, 0) is 16.0 Å². The van der Waals surface area contributed by atoms with Gasteiger partial charge in [0, 0.05) is 11.4 Å². The summed E-state index contributed by atoms with van der Waals surface area (Å²) in [6, 6.07) is 3.28. The Hall–Kier alpha value is -1.40. The van der Waals surface area contributed by atoms with Crippen LogP contribution in [0.2, 0.25) is 0 Å². The van der Waals surface area contributed by atoms with Crippen LogP contribution in [0.3, 0.4) is 0 Å². The van der Waals surface area contributed by atoms with Gasteiger partial charge in [-0.15, -0.1) is 11.3 Å².